The summed E-state index contributed by atoms with van der Waals surface area (Å²) in [6.45, 7) is 2.00. The summed E-state index contributed by atoms with van der Waals surface area (Å²) in [5.41, 5.74) is 0.686. The summed E-state index contributed by atoms with van der Waals surface area (Å²) in [7, 11) is 1.27. The average Bonchev–Trinajstić information content (AvgIpc) is 2.42. The number of anilines is 1. The molecule has 0 saturated heterocycles. The van der Waals surface area contributed by atoms with Crippen LogP contribution in [0.1, 0.15) is 36.7 Å². The van der Waals surface area contributed by atoms with Crippen LogP contribution in [0, 0.1) is 0 Å². The van der Waals surface area contributed by atoms with Crippen molar-refractivity contribution in [2.45, 2.75) is 32.2 Å². The highest BCUT2D eigenvalue weighted by Crippen LogP contribution is 2.13. The number of hydrogen-bond acceptors (Lipinski definition) is 5. The number of unbranched alkanes of at least 4 members (excludes halogenated alkanes) is 1. The molecule has 19 heavy (non-hydrogen) atoms. The third kappa shape index (κ3) is 4.57. The van der Waals surface area contributed by atoms with Crippen molar-refractivity contribution in [1.29, 1.82) is 0 Å². The lowest BCUT2D eigenvalue weighted by molar-refractivity contribution is -0.138. The first-order valence-corrected chi connectivity index (χ1v) is 6.12. The van der Waals surface area contributed by atoms with Crippen molar-refractivity contribution in [2.24, 2.45) is 0 Å². The van der Waals surface area contributed by atoms with Gasteiger partial charge in [-0.15, -0.1) is 0 Å². The van der Waals surface area contributed by atoms with Crippen molar-refractivity contribution < 1.29 is 19.4 Å². The predicted octanol–water partition coefficient (Wildman–Crippen LogP) is 1.92. The van der Waals surface area contributed by atoms with Crippen LogP contribution < -0.4 is 5.32 Å². The summed E-state index contributed by atoms with van der Waals surface area (Å²) < 4.78 is 4.56. The number of carboxylic acids is 1. The average molecular weight is 266 g/mol. The topological polar surface area (TPSA) is 88.5 Å². The molecule has 1 rings (SSSR count). The second-order valence-electron chi connectivity index (χ2n) is 4.10. The van der Waals surface area contributed by atoms with Gasteiger partial charge in [0, 0.05) is 11.9 Å². The minimum absolute atomic E-state index is 0.145. The van der Waals surface area contributed by atoms with Gasteiger partial charge in [-0.05, 0) is 18.6 Å². The van der Waals surface area contributed by atoms with E-state index in [1.54, 1.807) is 6.07 Å². The second-order valence-corrected chi connectivity index (χ2v) is 4.10. The first-order valence-electron chi connectivity index (χ1n) is 6.12. The van der Waals surface area contributed by atoms with Gasteiger partial charge in [0.15, 0.2) is 0 Å². The van der Waals surface area contributed by atoms with Crippen molar-refractivity contribution in [3.05, 3.63) is 24.0 Å². The van der Waals surface area contributed by atoms with Gasteiger partial charge in [0.2, 0.25) is 0 Å². The normalized spacial score (nSPS) is 11.7. The van der Waals surface area contributed by atoms with Crippen molar-refractivity contribution >= 4 is 17.6 Å². The smallest absolute Gasteiger partial charge is 0.356 e. The molecule has 1 unspecified atom stereocenters. The maximum atomic E-state index is 11.3. The number of carbonyl (C=O) groups is 2. The van der Waals surface area contributed by atoms with Gasteiger partial charge >= 0.3 is 11.9 Å². The van der Waals surface area contributed by atoms with Crippen LogP contribution in [0.3, 0.4) is 0 Å². The molecule has 6 heteroatoms. The summed E-state index contributed by atoms with van der Waals surface area (Å²) in [4.78, 5) is 26.3. The molecule has 104 valence electrons. The Morgan fingerprint density at radius 3 is 2.84 bits per heavy atom. The zero-order valence-corrected chi connectivity index (χ0v) is 11.0. The molecule has 0 aromatic carbocycles. The molecular weight excluding hydrogens is 248 g/mol. The Hall–Kier alpha value is -2.11. The van der Waals surface area contributed by atoms with Gasteiger partial charge in [0.05, 0.1) is 7.11 Å². The summed E-state index contributed by atoms with van der Waals surface area (Å²) in [5, 5.41) is 12.0. The number of hydrogen-bond donors (Lipinski definition) is 2. The first kappa shape index (κ1) is 14.9. The van der Waals surface area contributed by atoms with E-state index in [9.17, 15) is 9.59 Å². The Labute approximate surface area is 111 Å². The molecule has 0 spiro atoms. The van der Waals surface area contributed by atoms with Gasteiger partial charge in [0.1, 0.15) is 11.7 Å². The minimum Gasteiger partial charge on any atom is -0.480 e. The zero-order chi connectivity index (χ0) is 14.3. The fourth-order valence-corrected chi connectivity index (χ4v) is 1.60. The zero-order valence-electron chi connectivity index (χ0n) is 11.0. The van der Waals surface area contributed by atoms with E-state index in [1.807, 2.05) is 6.92 Å². The molecule has 6 nitrogen and oxygen atoms in total. The third-order valence-electron chi connectivity index (χ3n) is 2.64. The molecular formula is C13H18N2O4. The van der Waals surface area contributed by atoms with Crippen LogP contribution in [-0.2, 0) is 9.53 Å². The number of carbonyl (C=O) groups excluding carboxylic acids is 1. The number of carboxylic acid groups (broad SMARTS) is 1. The van der Waals surface area contributed by atoms with E-state index < -0.39 is 18.0 Å². The Morgan fingerprint density at radius 2 is 2.26 bits per heavy atom. The molecule has 0 aliphatic rings. The molecule has 0 radical (unpaired) electrons. The molecule has 0 aliphatic heterocycles. The highest BCUT2D eigenvalue weighted by molar-refractivity contribution is 5.88. The molecule has 1 aromatic heterocycles. The van der Waals surface area contributed by atoms with Crippen LogP contribution in [0.5, 0.6) is 0 Å². The highest BCUT2D eigenvalue weighted by atomic mass is 16.5. The van der Waals surface area contributed by atoms with Crippen LogP contribution in [0.25, 0.3) is 0 Å². The van der Waals surface area contributed by atoms with E-state index in [0.717, 1.165) is 12.8 Å². The molecule has 0 fully saturated rings. The van der Waals surface area contributed by atoms with Crippen molar-refractivity contribution in [2.75, 3.05) is 12.4 Å². The summed E-state index contributed by atoms with van der Waals surface area (Å²) >= 11 is 0. The predicted molar refractivity (Wildman–Crippen MR) is 70.1 cm³/mol. The molecule has 1 heterocycles. The van der Waals surface area contributed by atoms with Crippen molar-refractivity contribution in [3.8, 4) is 0 Å². The number of pyridine rings is 1. The fourth-order valence-electron chi connectivity index (χ4n) is 1.60. The number of ether oxygens (including phenoxy) is 1. The summed E-state index contributed by atoms with van der Waals surface area (Å²) in [6, 6.07) is 2.43. The molecule has 0 bridgehead atoms. The Kier molecular flexibility index (Phi) is 5.78. The molecule has 0 aliphatic carbocycles. The minimum atomic E-state index is -0.912. The van der Waals surface area contributed by atoms with Gasteiger partial charge in [-0.25, -0.2) is 14.6 Å². The first-order chi connectivity index (χ1) is 9.08. The standard InChI is InChI=1S/C13H18N2O4/c1-3-4-5-10(12(16)17)15-9-6-7-14-11(8-9)13(18)19-2/h6-8,10H,3-5H2,1-2H3,(H,14,15)(H,16,17). The fraction of sp³-hybridized carbons (Fsp3) is 0.462. The number of aliphatic carboxylic acids is 1. The molecule has 0 amide bonds. The van der Waals surface area contributed by atoms with Crippen molar-refractivity contribution in [1.82, 2.24) is 4.98 Å². The summed E-state index contributed by atoms with van der Waals surface area (Å²) in [6.07, 6.45) is 3.71. The quantitative estimate of drug-likeness (QED) is 0.733. The third-order valence-corrected chi connectivity index (χ3v) is 2.64. The van der Waals surface area contributed by atoms with Gasteiger partial charge in [-0.3, -0.25) is 0 Å². The number of nitrogens with zero attached hydrogens (tertiary/aromatic N) is 1. The van der Waals surface area contributed by atoms with Crippen LogP contribution in [0.2, 0.25) is 0 Å². The van der Waals surface area contributed by atoms with E-state index in [-0.39, 0.29) is 5.69 Å². The molecule has 0 saturated carbocycles. The number of rotatable bonds is 7. The highest BCUT2D eigenvalue weighted by Gasteiger charge is 2.17. The molecule has 1 aromatic rings. The Bertz CT molecular complexity index is 448. The van der Waals surface area contributed by atoms with Crippen LogP contribution in [-0.4, -0.2) is 35.2 Å². The number of aromatic nitrogens is 1. The van der Waals surface area contributed by atoms with Gasteiger partial charge in [0.25, 0.3) is 0 Å². The van der Waals surface area contributed by atoms with Crippen LogP contribution in [0.15, 0.2) is 18.3 Å². The van der Waals surface area contributed by atoms with Gasteiger partial charge < -0.3 is 15.2 Å². The van der Waals surface area contributed by atoms with E-state index in [2.05, 4.69) is 15.0 Å². The van der Waals surface area contributed by atoms with E-state index in [0.29, 0.717) is 12.1 Å². The Morgan fingerprint density at radius 1 is 1.53 bits per heavy atom. The van der Waals surface area contributed by atoms with E-state index >= 15 is 0 Å². The molecule has 2 N–H and O–H groups in total. The second kappa shape index (κ2) is 7.35. The van der Waals surface area contributed by atoms with Gasteiger partial charge in [-0.2, -0.15) is 0 Å². The van der Waals surface area contributed by atoms with E-state index in [4.69, 9.17) is 5.11 Å². The lowest BCUT2D eigenvalue weighted by Gasteiger charge is -2.15. The number of nitrogens with one attached hydrogen (secondary N) is 1. The van der Waals surface area contributed by atoms with Crippen LogP contribution in [0.4, 0.5) is 5.69 Å². The largest absolute Gasteiger partial charge is 0.480 e. The lowest BCUT2D eigenvalue weighted by atomic mass is 10.1. The van der Waals surface area contributed by atoms with Crippen molar-refractivity contribution in [3.63, 3.8) is 0 Å². The molecule has 1 atom stereocenters. The number of esters is 1. The monoisotopic (exact) mass is 266 g/mol. The summed E-state index contributed by atoms with van der Waals surface area (Å²) in [5.74, 6) is -1.46. The maximum absolute atomic E-state index is 11.3. The van der Waals surface area contributed by atoms with E-state index in [1.165, 1.54) is 19.4 Å². The lowest BCUT2D eigenvalue weighted by Crippen LogP contribution is -2.29. The van der Waals surface area contributed by atoms with Gasteiger partial charge in [-0.1, -0.05) is 19.8 Å². The SMILES string of the molecule is CCCCC(Nc1ccnc(C(=O)OC)c1)C(=O)O. The Balaban J connectivity index is 2.78. The van der Waals surface area contributed by atoms with Crippen LogP contribution >= 0.6 is 0 Å². The number of methoxy groups -OCH3 is 1. The maximum Gasteiger partial charge on any atom is 0.356 e.